The predicted molar refractivity (Wildman–Crippen MR) is 116 cm³/mol. The van der Waals surface area contributed by atoms with Crippen LogP contribution in [0.5, 0.6) is 0 Å². The van der Waals surface area contributed by atoms with Crippen molar-refractivity contribution in [3.63, 3.8) is 0 Å². The first-order valence-electron chi connectivity index (χ1n) is 9.94. The molecule has 0 unspecified atom stereocenters. The molecule has 0 aliphatic heterocycles. The van der Waals surface area contributed by atoms with Gasteiger partial charge in [-0.25, -0.2) is 4.39 Å². The number of carbonyl (C=O) groups excluding carboxylic acids is 1. The predicted octanol–water partition coefficient (Wildman–Crippen LogP) is 4.94. The number of carbonyl (C=O) groups is 1. The molecular weight excluding hydrogens is 422 g/mol. The molecule has 0 spiro atoms. The lowest BCUT2D eigenvalue weighted by Crippen LogP contribution is -2.14. The number of aryl methyl sites for hydroxylation is 1. The van der Waals surface area contributed by atoms with Crippen molar-refractivity contribution in [2.45, 2.75) is 26.7 Å². The maximum absolute atomic E-state index is 13.1. The SMILES string of the molecule is CCOP(=O)(OCC)c1ccc(NC(=O)CCc2cnoc2-c2ccc(F)cc2)cc1. The minimum Gasteiger partial charge on any atom is -0.356 e. The quantitative estimate of drug-likeness (QED) is 0.444. The van der Waals surface area contributed by atoms with Crippen molar-refractivity contribution in [1.82, 2.24) is 5.16 Å². The minimum absolute atomic E-state index is 0.197. The van der Waals surface area contributed by atoms with Gasteiger partial charge in [0.2, 0.25) is 5.91 Å². The third-order valence-electron chi connectivity index (χ3n) is 4.44. The van der Waals surface area contributed by atoms with Gasteiger partial charge in [0.15, 0.2) is 5.76 Å². The molecule has 0 radical (unpaired) electrons. The highest BCUT2D eigenvalue weighted by molar-refractivity contribution is 7.62. The Balaban J connectivity index is 1.60. The van der Waals surface area contributed by atoms with Gasteiger partial charge in [0.05, 0.1) is 24.7 Å². The summed E-state index contributed by atoms with van der Waals surface area (Å²) in [7, 11) is -3.36. The second kappa shape index (κ2) is 10.5. The summed E-state index contributed by atoms with van der Waals surface area (Å²) in [4.78, 5) is 12.4. The number of hydrogen-bond acceptors (Lipinski definition) is 6. The third kappa shape index (κ3) is 5.88. The van der Waals surface area contributed by atoms with Crippen LogP contribution in [0.25, 0.3) is 11.3 Å². The Morgan fingerprint density at radius 1 is 1.06 bits per heavy atom. The molecule has 1 N–H and O–H groups in total. The van der Waals surface area contributed by atoms with Crippen molar-refractivity contribution < 1.29 is 27.3 Å². The normalized spacial score (nSPS) is 11.5. The van der Waals surface area contributed by atoms with Crippen LogP contribution in [0.2, 0.25) is 0 Å². The summed E-state index contributed by atoms with van der Waals surface area (Å²) in [5.41, 5.74) is 2.02. The first kappa shape index (κ1) is 22.9. The van der Waals surface area contributed by atoms with E-state index in [-0.39, 0.29) is 31.4 Å². The monoisotopic (exact) mass is 446 g/mol. The third-order valence-corrected chi connectivity index (χ3v) is 6.56. The molecule has 31 heavy (non-hydrogen) atoms. The zero-order valence-electron chi connectivity index (χ0n) is 17.3. The van der Waals surface area contributed by atoms with E-state index in [1.807, 2.05) is 0 Å². The molecule has 3 rings (SSSR count). The smallest absolute Gasteiger partial charge is 0.356 e. The molecule has 0 atom stereocenters. The van der Waals surface area contributed by atoms with Crippen molar-refractivity contribution in [2.24, 2.45) is 0 Å². The van der Waals surface area contributed by atoms with E-state index >= 15 is 0 Å². The Labute approximate surface area is 180 Å². The maximum Gasteiger partial charge on any atom is 0.361 e. The van der Waals surface area contributed by atoms with Crippen molar-refractivity contribution in [1.29, 1.82) is 0 Å². The maximum atomic E-state index is 13.1. The number of amides is 1. The zero-order chi connectivity index (χ0) is 22.3. The Morgan fingerprint density at radius 3 is 2.32 bits per heavy atom. The zero-order valence-corrected chi connectivity index (χ0v) is 18.2. The van der Waals surface area contributed by atoms with Crippen LogP contribution < -0.4 is 10.6 Å². The number of hydrogen-bond donors (Lipinski definition) is 1. The molecule has 164 valence electrons. The number of benzene rings is 2. The highest BCUT2D eigenvalue weighted by Gasteiger charge is 2.26. The van der Waals surface area contributed by atoms with Crippen molar-refractivity contribution in [3.8, 4) is 11.3 Å². The molecule has 0 bridgehead atoms. The summed E-state index contributed by atoms with van der Waals surface area (Å²) in [5.74, 6) is -0.0226. The Bertz CT molecular complexity index is 1040. The van der Waals surface area contributed by atoms with Gasteiger partial charge in [-0.05, 0) is 68.8 Å². The molecule has 0 saturated heterocycles. The number of anilines is 1. The summed E-state index contributed by atoms with van der Waals surface area (Å²) in [5, 5.41) is 7.03. The molecule has 0 aliphatic rings. The van der Waals surface area contributed by atoms with Crippen molar-refractivity contribution in [2.75, 3.05) is 18.5 Å². The molecule has 9 heteroatoms. The largest absolute Gasteiger partial charge is 0.361 e. The Morgan fingerprint density at radius 2 is 1.71 bits per heavy atom. The molecule has 1 amide bonds. The highest BCUT2D eigenvalue weighted by Crippen LogP contribution is 2.46. The van der Waals surface area contributed by atoms with Crippen molar-refractivity contribution >= 4 is 24.5 Å². The average Bonchev–Trinajstić information content (AvgIpc) is 3.22. The van der Waals surface area contributed by atoms with Crippen molar-refractivity contribution in [3.05, 3.63) is 66.1 Å². The van der Waals surface area contributed by atoms with Gasteiger partial charge in [-0.15, -0.1) is 0 Å². The van der Waals surface area contributed by atoms with Crippen LogP contribution >= 0.6 is 7.60 Å². The van der Waals surface area contributed by atoms with Gasteiger partial charge < -0.3 is 18.9 Å². The minimum atomic E-state index is -3.36. The molecule has 0 fully saturated rings. The van der Waals surface area contributed by atoms with Crippen LogP contribution in [0.4, 0.5) is 10.1 Å². The van der Waals surface area contributed by atoms with Crippen LogP contribution in [0.15, 0.2) is 59.3 Å². The highest BCUT2D eigenvalue weighted by atomic mass is 31.2. The van der Waals surface area contributed by atoms with E-state index in [9.17, 15) is 13.8 Å². The second-order valence-corrected chi connectivity index (χ2v) is 8.64. The van der Waals surface area contributed by atoms with E-state index in [1.54, 1.807) is 56.4 Å². The number of nitrogens with zero attached hydrogens (tertiary/aromatic N) is 1. The van der Waals surface area contributed by atoms with Gasteiger partial charge in [0.25, 0.3) is 0 Å². The molecule has 7 nitrogen and oxygen atoms in total. The summed E-state index contributed by atoms with van der Waals surface area (Å²) in [6.07, 6.45) is 2.16. The molecule has 1 aromatic heterocycles. The number of aromatic nitrogens is 1. The number of rotatable bonds is 10. The summed E-state index contributed by atoms with van der Waals surface area (Å²) in [6.45, 7) is 4.02. The lowest BCUT2D eigenvalue weighted by atomic mass is 10.1. The second-order valence-electron chi connectivity index (χ2n) is 6.62. The standard InChI is InChI=1S/C22H24FN2O5P/c1-3-28-31(27,29-4-2)20-12-10-19(11-13-20)25-21(26)14-7-17-15-24-30-22(17)16-5-8-18(23)9-6-16/h5-6,8-13,15H,3-4,7,14H2,1-2H3,(H,25,26). The number of nitrogens with one attached hydrogen (secondary N) is 1. The molecule has 2 aromatic carbocycles. The van der Waals surface area contributed by atoms with Crippen LogP contribution in [0.3, 0.4) is 0 Å². The van der Waals surface area contributed by atoms with Gasteiger partial charge in [0, 0.05) is 23.2 Å². The van der Waals surface area contributed by atoms with Crippen LogP contribution in [-0.4, -0.2) is 24.3 Å². The fourth-order valence-corrected chi connectivity index (χ4v) is 4.57. The lowest BCUT2D eigenvalue weighted by Gasteiger charge is -2.17. The molecule has 0 saturated carbocycles. The van der Waals surface area contributed by atoms with Crippen LogP contribution in [-0.2, 0) is 24.8 Å². The molecule has 3 aromatic rings. The molecule has 0 aliphatic carbocycles. The Hall–Kier alpha value is -2.80. The van der Waals surface area contributed by atoms with Crippen LogP contribution in [0.1, 0.15) is 25.8 Å². The van der Waals surface area contributed by atoms with Gasteiger partial charge >= 0.3 is 7.60 Å². The lowest BCUT2D eigenvalue weighted by molar-refractivity contribution is -0.116. The summed E-state index contributed by atoms with van der Waals surface area (Å²) in [6, 6.07) is 12.4. The molecule has 1 heterocycles. The Kier molecular flexibility index (Phi) is 7.74. The van der Waals surface area contributed by atoms with Gasteiger partial charge in [0.1, 0.15) is 5.82 Å². The van der Waals surface area contributed by atoms with Crippen LogP contribution in [0, 0.1) is 5.82 Å². The van der Waals surface area contributed by atoms with E-state index in [4.69, 9.17) is 13.6 Å². The van der Waals surface area contributed by atoms with Gasteiger partial charge in [-0.2, -0.15) is 0 Å². The van der Waals surface area contributed by atoms with E-state index in [0.29, 0.717) is 28.7 Å². The van der Waals surface area contributed by atoms with Gasteiger partial charge in [-0.1, -0.05) is 5.16 Å². The topological polar surface area (TPSA) is 90.7 Å². The fourth-order valence-electron chi connectivity index (χ4n) is 3.00. The van der Waals surface area contributed by atoms with E-state index in [0.717, 1.165) is 5.56 Å². The van der Waals surface area contributed by atoms with E-state index < -0.39 is 7.60 Å². The first-order valence-corrected chi connectivity index (χ1v) is 11.5. The summed E-state index contributed by atoms with van der Waals surface area (Å²) >= 11 is 0. The van der Waals surface area contributed by atoms with E-state index in [2.05, 4.69) is 10.5 Å². The molecular formula is C22H24FN2O5P. The van der Waals surface area contributed by atoms with Gasteiger partial charge in [-0.3, -0.25) is 9.36 Å². The fraction of sp³-hybridized carbons (Fsp3) is 0.273. The number of halogens is 1. The van der Waals surface area contributed by atoms with E-state index in [1.165, 1.54) is 12.1 Å². The summed E-state index contributed by atoms with van der Waals surface area (Å²) < 4.78 is 41.8. The first-order chi connectivity index (χ1) is 14.9. The average molecular weight is 446 g/mol.